The predicted octanol–water partition coefficient (Wildman–Crippen LogP) is 3.29. The molecule has 0 heterocycles. The van der Waals surface area contributed by atoms with E-state index in [0.717, 1.165) is 0 Å². The van der Waals surface area contributed by atoms with Crippen LogP contribution in [0.3, 0.4) is 0 Å². The lowest BCUT2D eigenvalue weighted by Gasteiger charge is -2.44. The van der Waals surface area contributed by atoms with Gasteiger partial charge >= 0.3 is 0 Å². The molecule has 2 aromatic rings. The molecule has 0 unspecified atom stereocenters. The first-order valence-electron chi connectivity index (χ1n) is 9.79. The summed E-state index contributed by atoms with van der Waals surface area (Å²) in [6, 6.07) is 20.9. The summed E-state index contributed by atoms with van der Waals surface area (Å²) in [5.41, 5.74) is 0. The summed E-state index contributed by atoms with van der Waals surface area (Å²) in [5.74, 6) is 0.115. The van der Waals surface area contributed by atoms with Gasteiger partial charge in [-0.3, -0.25) is 4.79 Å². The standard InChI is InChI=1S/C23H30O3Si/c1-23(2,3)27(20-10-6-4-7-11-20,21-12-8-5-9-13-21)26-17-18-16-19(24)14-15-22(18)25/h4-13,18,22,25H,14-17H2,1-3H3/t18-,22+/m0/s1. The van der Waals surface area contributed by atoms with Crippen molar-refractivity contribution in [3.8, 4) is 0 Å². The lowest BCUT2D eigenvalue weighted by atomic mass is 9.86. The normalized spacial score (nSPS) is 21.3. The number of ketones is 1. The first-order chi connectivity index (χ1) is 12.8. The van der Waals surface area contributed by atoms with Crippen molar-refractivity contribution in [2.24, 2.45) is 5.92 Å². The summed E-state index contributed by atoms with van der Waals surface area (Å²) in [7, 11) is -2.61. The summed E-state index contributed by atoms with van der Waals surface area (Å²) in [6.07, 6.45) is 0.991. The van der Waals surface area contributed by atoms with Crippen LogP contribution in [0.5, 0.6) is 0 Å². The fraction of sp³-hybridized carbons (Fsp3) is 0.435. The molecule has 1 N–H and O–H groups in total. The van der Waals surface area contributed by atoms with Crippen LogP contribution in [0.15, 0.2) is 60.7 Å². The van der Waals surface area contributed by atoms with E-state index >= 15 is 0 Å². The quantitative estimate of drug-likeness (QED) is 0.807. The number of rotatable bonds is 5. The van der Waals surface area contributed by atoms with Crippen LogP contribution in [0.25, 0.3) is 0 Å². The summed E-state index contributed by atoms with van der Waals surface area (Å²) in [6.45, 7) is 7.13. The SMILES string of the molecule is CC(C)(C)[Si](OC[C@@H]1CC(=O)CC[C@H]1O)(c1ccccc1)c1ccccc1. The van der Waals surface area contributed by atoms with Gasteiger partial charge in [0.1, 0.15) is 5.78 Å². The van der Waals surface area contributed by atoms with E-state index in [-0.39, 0.29) is 16.7 Å². The number of Topliss-reactive ketones (excluding diaryl/α,β-unsaturated/α-hetero) is 1. The van der Waals surface area contributed by atoms with Crippen molar-refractivity contribution >= 4 is 24.5 Å². The number of hydrogen-bond donors (Lipinski definition) is 1. The highest BCUT2D eigenvalue weighted by Gasteiger charge is 2.50. The topological polar surface area (TPSA) is 46.5 Å². The number of carbonyl (C=O) groups excluding carboxylic acids is 1. The van der Waals surface area contributed by atoms with Gasteiger partial charge in [0.2, 0.25) is 0 Å². The average molecular weight is 383 g/mol. The molecular weight excluding hydrogens is 352 g/mol. The molecular formula is C23H30O3Si. The van der Waals surface area contributed by atoms with Gasteiger partial charge in [0.15, 0.2) is 0 Å². The average Bonchev–Trinajstić information content (AvgIpc) is 2.65. The van der Waals surface area contributed by atoms with Crippen molar-refractivity contribution in [3.63, 3.8) is 0 Å². The monoisotopic (exact) mass is 382 g/mol. The van der Waals surface area contributed by atoms with Crippen LogP contribution in [0.4, 0.5) is 0 Å². The second-order valence-corrected chi connectivity index (χ2v) is 12.9. The molecule has 0 spiro atoms. The van der Waals surface area contributed by atoms with E-state index < -0.39 is 14.4 Å². The molecule has 0 aliphatic heterocycles. The molecule has 1 aliphatic carbocycles. The Morgan fingerprint density at radius 3 is 2.00 bits per heavy atom. The fourth-order valence-corrected chi connectivity index (χ4v) is 8.86. The number of hydrogen-bond acceptors (Lipinski definition) is 3. The molecule has 3 nitrogen and oxygen atoms in total. The summed E-state index contributed by atoms with van der Waals surface area (Å²) >= 11 is 0. The molecule has 0 bridgehead atoms. The minimum Gasteiger partial charge on any atom is -0.407 e. The van der Waals surface area contributed by atoms with Crippen LogP contribution in [0.1, 0.15) is 40.0 Å². The van der Waals surface area contributed by atoms with E-state index in [1.54, 1.807) is 0 Å². The van der Waals surface area contributed by atoms with Gasteiger partial charge < -0.3 is 9.53 Å². The Kier molecular flexibility index (Phi) is 5.99. The van der Waals surface area contributed by atoms with E-state index in [1.807, 2.05) is 12.1 Å². The summed E-state index contributed by atoms with van der Waals surface area (Å²) in [4.78, 5) is 11.9. The fourth-order valence-electron chi connectivity index (χ4n) is 4.24. The third kappa shape index (κ3) is 4.08. The van der Waals surface area contributed by atoms with E-state index in [9.17, 15) is 9.90 Å². The Hall–Kier alpha value is -1.75. The molecule has 3 rings (SSSR count). The van der Waals surface area contributed by atoms with E-state index in [4.69, 9.17) is 4.43 Å². The number of aliphatic hydroxyl groups is 1. The van der Waals surface area contributed by atoms with Gasteiger partial charge in [0.05, 0.1) is 6.10 Å². The Balaban J connectivity index is 2.03. The minimum absolute atomic E-state index is 0.0979. The van der Waals surface area contributed by atoms with Gasteiger partial charge in [-0.2, -0.15) is 0 Å². The van der Waals surface area contributed by atoms with Gasteiger partial charge in [-0.25, -0.2) is 0 Å². The molecule has 2 atom stereocenters. The van der Waals surface area contributed by atoms with E-state index in [2.05, 4.69) is 69.3 Å². The Morgan fingerprint density at radius 1 is 1.00 bits per heavy atom. The third-order valence-electron chi connectivity index (χ3n) is 5.68. The van der Waals surface area contributed by atoms with Gasteiger partial charge in [0, 0.05) is 25.4 Å². The smallest absolute Gasteiger partial charge is 0.261 e. The second-order valence-electron chi connectivity index (χ2n) is 8.58. The second kappa shape index (κ2) is 8.09. The molecule has 1 saturated carbocycles. The lowest BCUT2D eigenvalue weighted by Crippen LogP contribution is -2.67. The van der Waals surface area contributed by atoms with E-state index in [1.165, 1.54) is 10.4 Å². The Bertz CT molecular complexity index is 713. The van der Waals surface area contributed by atoms with Crippen molar-refractivity contribution in [2.45, 2.75) is 51.2 Å². The van der Waals surface area contributed by atoms with Crippen molar-refractivity contribution in [2.75, 3.05) is 6.61 Å². The maximum atomic E-state index is 11.9. The number of benzene rings is 2. The molecule has 2 aromatic carbocycles. The van der Waals surface area contributed by atoms with Crippen molar-refractivity contribution < 1.29 is 14.3 Å². The number of carbonyl (C=O) groups is 1. The lowest BCUT2D eigenvalue weighted by molar-refractivity contribution is -0.125. The minimum atomic E-state index is -2.61. The van der Waals surface area contributed by atoms with Crippen LogP contribution < -0.4 is 10.4 Å². The molecule has 27 heavy (non-hydrogen) atoms. The zero-order valence-corrected chi connectivity index (χ0v) is 17.5. The van der Waals surface area contributed by atoms with Gasteiger partial charge in [-0.05, 0) is 21.8 Å². The molecule has 0 amide bonds. The number of aliphatic hydroxyl groups excluding tert-OH is 1. The van der Waals surface area contributed by atoms with Crippen molar-refractivity contribution in [1.29, 1.82) is 0 Å². The molecule has 0 radical (unpaired) electrons. The van der Waals surface area contributed by atoms with E-state index in [0.29, 0.717) is 25.9 Å². The zero-order valence-electron chi connectivity index (χ0n) is 16.5. The van der Waals surface area contributed by atoms with Crippen molar-refractivity contribution in [1.82, 2.24) is 0 Å². The molecule has 1 fully saturated rings. The maximum absolute atomic E-state index is 11.9. The Labute approximate surface area is 163 Å². The maximum Gasteiger partial charge on any atom is 0.261 e. The third-order valence-corrected chi connectivity index (χ3v) is 10.7. The summed E-state index contributed by atoms with van der Waals surface area (Å²) in [5, 5.41) is 12.8. The molecule has 144 valence electrons. The highest BCUT2D eigenvalue weighted by molar-refractivity contribution is 6.99. The highest BCUT2D eigenvalue weighted by Crippen LogP contribution is 2.37. The molecule has 0 saturated heterocycles. The first-order valence-corrected chi connectivity index (χ1v) is 11.7. The molecule has 1 aliphatic rings. The largest absolute Gasteiger partial charge is 0.407 e. The van der Waals surface area contributed by atoms with Crippen LogP contribution in [0.2, 0.25) is 5.04 Å². The first kappa shape index (κ1) is 20.0. The van der Waals surface area contributed by atoms with Gasteiger partial charge in [0.25, 0.3) is 8.32 Å². The molecule has 0 aromatic heterocycles. The van der Waals surface area contributed by atoms with Crippen LogP contribution in [0, 0.1) is 5.92 Å². The van der Waals surface area contributed by atoms with Crippen molar-refractivity contribution in [3.05, 3.63) is 60.7 Å². The van der Waals surface area contributed by atoms with Crippen LogP contribution in [-0.4, -0.2) is 31.9 Å². The zero-order chi connectivity index (χ0) is 19.5. The van der Waals surface area contributed by atoms with Crippen LogP contribution in [-0.2, 0) is 9.22 Å². The predicted molar refractivity (Wildman–Crippen MR) is 112 cm³/mol. The van der Waals surface area contributed by atoms with Crippen LogP contribution >= 0.6 is 0 Å². The highest BCUT2D eigenvalue weighted by atomic mass is 28.4. The van der Waals surface area contributed by atoms with Gasteiger partial charge in [-0.15, -0.1) is 0 Å². The Morgan fingerprint density at radius 2 is 1.52 bits per heavy atom. The van der Waals surface area contributed by atoms with Gasteiger partial charge in [-0.1, -0.05) is 81.4 Å². The molecule has 4 heteroatoms. The summed E-state index contributed by atoms with van der Waals surface area (Å²) < 4.78 is 6.85.